The molecule has 0 fully saturated rings. The van der Waals surface area contributed by atoms with Crippen molar-refractivity contribution in [3.05, 3.63) is 34.4 Å². The Bertz CT molecular complexity index is 500. The summed E-state index contributed by atoms with van der Waals surface area (Å²) in [5.74, 6) is 0.917. The Balaban J connectivity index is 2.43. The van der Waals surface area contributed by atoms with Crippen molar-refractivity contribution in [2.45, 2.75) is 26.8 Å². The molecule has 2 N–H and O–H groups in total. The Kier molecular flexibility index (Phi) is 3.52. The Morgan fingerprint density at radius 3 is 2.47 bits per heavy atom. The van der Waals surface area contributed by atoms with E-state index in [1.165, 1.54) is 5.56 Å². The molecule has 0 saturated heterocycles. The van der Waals surface area contributed by atoms with Crippen LogP contribution >= 0.6 is 15.9 Å². The number of hydrogen-bond donors (Lipinski definition) is 2. The highest BCUT2D eigenvalue weighted by molar-refractivity contribution is 9.10. The predicted molar refractivity (Wildman–Crippen MR) is 75.2 cm³/mol. The Morgan fingerprint density at radius 1 is 1.24 bits per heavy atom. The maximum absolute atomic E-state index is 4.31. The van der Waals surface area contributed by atoms with Crippen LogP contribution < -0.4 is 5.32 Å². The molecule has 0 unspecified atom stereocenters. The van der Waals surface area contributed by atoms with E-state index in [0.29, 0.717) is 6.04 Å². The summed E-state index contributed by atoms with van der Waals surface area (Å²) in [6.45, 7) is 6.25. The smallest absolute Gasteiger partial charge is 0.156 e. The number of H-pyrrole nitrogens is 1. The standard InChI is InChI=1S/C13H16BrN3/c1-8(2)15-13-12(9(3)16-17-13)10-4-6-11(14)7-5-10/h4-8H,1-3H3,(H2,15,16,17). The number of aromatic nitrogens is 2. The fourth-order valence-electron chi connectivity index (χ4n) is 1.78. The van der Waals surface area contributed by atoms with Gasteiger partial charge in [-0.05, 0) is 38.5 Å². The van der Waals surface area contributed by atoms with Crippen LogP contribution in [0.15, 0.2) is 28.7 Å². The number of hydrogen-bond acceptors (Lipinski definition) is 2. The van der Waals surface area contributed by atoms with Gasteiger partial charge in [-0.3, -0.25) is 5.10 Å². The molecule has 0 aliphatic heterocycles. The summed E-state index contributed by atoms with van der Waals surface area (Å²) in [5, 5.41) is 10.7. The number of nitrogens with one attached hydrogen (secondary N) is 2. The van der Waals surface area contributed by atoms with E-state index in [0.717, 1.165) is 21.5 Å². The van der Waals surface area contributed by atoms with Crippen molar-refractivity contribution in [3.8, 4) is 11.1 Å². The van der Waals surface area contributed by atoms with Crippen molar-refractivity contribution in [1.82, 2.24) is 10.2 Å². The van der Waals surface area contributed by atoms with Crippen molar-refractivity contribution in [1.29, 1.82) is 0 Å². The summed E-state index contributed by atoms with van der Waals surface area (Å²) in [6, 6.07) is 8.63. The third kappa shape index (κ3) is 2.69. The molecule has 1 heterocycles. The lowest BCUT2D eigenvalue weighted by molar-refractivity contribution is 0.884. The second-order valence-electron chi connectivity index (χ2n) is 4.38. The van der Waals surface area contributed by atoms with Crippen LogP contribution in [0.1, 0.15) is 19.5 Å². The van der Waals surface area contributed by atoms with E-state index in [-0.39, 0.29) is 0 Å². The minimum atomic E-state index is 0.367. The average molecular weight is 294 g/mol. The predicted octanol–water partition coefficient (Wildman–Crippen LogP) is 3.97. The van der Waals surface area contributed by atoms with E-state index in [2.05, 4.69) is 57.4 Å². The van der Waals surface area contributed by atoms with E-state index >= 15 is 0 Å². The summed E-state index contributed by atoms with van der Waals surface area (Å²) in [6.07, 6.45) is 0. The van der Waals surface area contributed by atoms with Crippen molar-refractivity contribution in [2.24, 2.45) is 0 Å². The first-order valence-corrected chi connectivity index (χ1v) is 6.44. The molecule has 0 amide bonds. The molecule has 0 saturated carbocycles. The van der Waals surface area contributed by atoms with Crippen molar-refractivity contribution in [2.75, 3.05) is 5.32 Å². The summed E-state index contributed by atoms with van der Waals surface area (Å²) >= 11 is 3.45. The van der Waals surface area contributed by atoms with Gasteiger partial charge in [0.25, 0.3) is 0 Å². The molecule has 0 atom stereocenters. The number of benzene rings is 1. The molecular weight excluding hydrogens is 278 g/mol. The summed E-state index contributed by atoms with van der Waals surface area (Å²) < 4.78 is 1.08. The molecule has 1 aromatic heterocycles. The number of aryl methyl sites for hydroxylation is 1. The van der Waals surface area contributed by atoms with Gasteiger partial charge in [-0.2, -0.15) is 5.10 Å². The van der Waals surface area contributed by atoms with Gasteiger partial charge in [0, 0.05) is 21.8 Å². The number of aromatic amines is 1. The third-order valence-electron chi connectivity index (χ3n) is 2.51. The van der Waals surface area contributed by atoms with Gasteiger partial charge < -0.3 is 5.32 Å². The highest BCUT2D eigenvalue weighted by Gasteiger charge is 2.12. The third-order valence-corrected chi connectivity index (χ3v) is 3.03. The molecule has 17 heavy (non-hydrogen) atoms. The van der Waals surface area contributed by atoms with Crippen LogP contribution in [0.4, 0.5) is 5.82 Å². The number of rotatable bonds is 3. The molecular formula is C13H16BrN3. The Morgan fingerprint density at radius 2 is 1.88 bits per heavy atom. The molecule has 1 aromatic carbocycles. The maximum Gasteiger partial charge on any atom is 0.156 e. The maximum atomic E-state index is 4.31. The average Bonchev–Trinajstić information content (AvgIpc) is 2.61. The molecule has 0 radical (unpaired) electrons. The van der Waals surface area contributed by atoms with Crippen LogP contribution in [-0.2, 0) is 0 Å². The molecule has 90 valence electrons. The van der Waals surface area contributed by atoms with Gasteiger partial charge >= 0.3 is 0 Å². The molecule has 0 aliphatic rings. The molecule has 2 aromatic rings. The van der Waals surface area contributed by atoms with Gasteiger partial charge in [0.2, 0.25) is 0 Å². The summed E-state index contributed by atoms with van der Waals surface area (Å²) in [7, 11) is 0. The highest BCUT2D eigenvalue weighted by Crippen LogP contribution is 2.30. The van der Waals surface area contributed by atoms with Gasteiger partial charge in [0.1, 0.15) is 0 Å². The lowest BCUT2D eigenvalue weighted by atomic mass is 10.1. The van der Waals surface area contributed by atoms with Crippen LogP contribution in [0.2, 0.25) is 0 Å². The first kappa shape index (κ1) is 12.2. The van der Waals surface area contributed by atoms with E-state index in [1.807, 2.05) is 19.1 Å². The minimum absolute atomic E-state index is 0.367. The molecule has 0 aliphatic carbocycles. The Hall–Kier alpha value is -1.29. The SMILES string of the molecule is Cc1[nH]nc(NC(C)C)c1-c1ccc(Br)cc1. The van der Waals surface area contributed by atoms with E-state index in [4.69, 9.17) is 0 Å². The largest absolute Gasteiger partial charge is 0.366 e. The van der Waals surface area contributed by atoms with E-state index in [9.17, 15) is 0 Å². The summed E-state index contributed by atoms with van der Waals surface area (Å²) in [4.78, 5) is 0. The molecule has 3 nitrogen and oxygen atoms in total. The van der Waals surface area contributed by atoms with Crippen molar-refractivity contribution < 1.29 is 0 Å². The normalized spacial score (nSPS) is 10.9. The number of nitrogens with zero attached hydrogens (tertiary/aromatic N) is 1. The first-order chi connectivity index (χ1) is 8.08. The zero-order valence-corrected chi connectivity index (χ0v) is 11.8. The zero-order chi connectivity index (χ0) is 12.4. The van der Waals surface area contributed by atoms with Gasteiger partial charge in [0.05, 0.1) is 0 Å². The molecule has 2 rings (SSSR count). The van der Waals surface area contributed by atoms with E-state index in [1.54, 1.807) is 0 Å². The number of halogens is 1. The summed E-state index contributed by atoms with van der Waals surface area (Å²) in [5.41, 5.74) is 3.39. The topological polar surface area (TPSA) is 40.7 Å². The lowest BCUT2D eigenvalue weighted by Crippen LogP contribution is -2.10. The second-order valence-corrected chi connectivity index (χ2v) is 5.29. The molecule has 0 spiro atoms. The monoisotopic (exact) mass is 293 g/mol. The minimum Gasteiger partial charge on any atom is -0.366 e. The van der Waals surface area contributed by atoms with Crippen molar-refractivity contribution >= 4 is 21.7 Å². The lowest BCUT2D eigenvalue weighted by Gasteiger charge is -2.09. The van der Waals surface area contributed by atoms with Crippen LogP contribution in [0, 0.1) is 6.92 Å². The zero-order valence-electron chi connectivity index (χ0n) is 10.2. The quantitative estimate of drug-likeness (QED) is 0.899. The van der Waals surface area contributed by atoms with Crippen LogP contribution in [-0.4, -0.2) is 16.2 Å². The van der Waals surface area contributed by atoms with Crippen LogP contribution in [0.3, 0.4) is 0 Å². The first-order valence-electron chi connectivity index (χ1n) is 5.65. The van der Waals surface area contributed by atoms with E-state index < -0.39 is 0 Å². The van der Waals surface area contributed by atoms with Gasteiger partial charge in [0.15, 0.2) is 5.82 Å². The second kappa shape index (κ2) is 4.92. The molecule has 0 bridgehead atoms. The molecule has 4 heteroatoms. The van der Waals surface area contributed by atoms with Gasteiger partial charge in [-0.1, -0.05) is 28.1 Å². The fourth-order valence-corrected chi connectivity index (χ4v) is 2.04. The Labute approximate surface area is 110 Å². The van der Waals surface area contributed by atoms with Gasteiger partial charge in [-0.25, -0.2) is 0 Å². The van der Waals surface area contributed by atoms with Crippen LogP contribution in [0.25, 0.3) is 11.1 Å². The fraction of sp³-hybridized carbons (Fsp3) is 0.308. The van der Waals surface area contributed by atoms with Crippen LogP contribution in [0.5, 0.6) is 0 Å². The van der Waals surface area contributed by atoms with Crippen molar-refractivity contribution in [3.63, 3.8) is 0 Å². The van der Waals surface area contributed by atoms with Gasteiger partial charge in [-0.15, -0.1) is 0 Å². The highest BCUT2D eigenvalue weighted by atomic mass is 79.9. The number of anilines is 1.